The molecule has 0 radical (unpaired) electrons. The van der Waals surface area contributed by atoms with Crippen molar-refractivity contribution in [2.75, 3.05) is 0 Å². The first kappa shape index (κ1) is 13.2. The maximum atomic E-state index is 11.5. The molecule has 0 saturated heterocycles. The molecule has 0 aliphatic rings. The van der Waals surface area contributed by atoms with Gasteiger partial charge in [0, 0.05) is 17.9 Å². The highest BCUT2D eigenvalue weighted by Crippen LogP contribution is 2.16. The summed E-state index contributed by atoms with van der Waals surface area (Å²) < 4.78 is 0. The predicted molar refractivity (Wildman–Crippen MR) is 68.9 cm³/mol. The van der Waals surface area contributed by atoms with Crippen molar-refractivity contribution < 1.29 is 4.79 Å². The highest BCUT2D eigenvalue weighted by atomic mass is 35.5. The summed E-state index contributed by atoms with van der Waals surface area (Å²) in [5.74, 6) is 0.796. The van der Waals surface area contributed by atoms with E-state index in [0.29, 0.717) is 24.5 Å². The van der Waals surface area contributed by atoms with Gasteiger partial charge in [-0.05, 0) is 36.5 Å². The SMILES string of the molecule is CCCC(=O)CC(C)Cc1ccc(Cl)cc1. The van der Waals surface area contributed by atoms with Crippen molar-refractivity contribution in [3.05, 3.63) is 34.9 Å². The molecule has 0 fully saturated rings. The molecule has 0 heterocycles. The number of carbonyl (C=O) groups is 1. The van der Waals surface area contributed by atoms with Crippen LogP contribution in [0.5, 0.6) is 0 Å². The minimum absolute atomic E-state index is 0.379. The third-order valence-electron chi connectivity index (χ3n) is 2.60. The van der Waals surface area contributed by atoms with Crippen LogP contribution in [0.25, 0.3) is 0 Å². The van der Waals surface area contributed by atoms with Crippen molar-refractivity contribution in [2.45, 2.75) is 39.5 Å². The van der Waals surface area contributed by atoms with Crippen molar-refractivity contribution in [1.29, 1.82) is 0 Å². The van der Waals surface area contributed by atoms with Gasteiger partial charge < -0.3 is 0 Å². The minimum Gasteiger partial charge on any atom is -0.300 e. The molecule has 0 amide bonds. The van der Waals surface area contributed by atoms with Gasteiger partial charge in [0.1, 0.15) is 5.78 Å². The summed E-state index contributed by atoms with van der Waals surface area (Å²) in [7, 11) is 0. The Morgan fingerprint density at radius 1 is 1.31 bits per heavy atom. The van der Waals surface area contributed by atoms with Crippen LogP contribution >= 0.6 is 11.6 Å². The number of ketones is 1. The third kappa shape index (κ3) is 4.80. The molecular formula is C14H19ClO. The Kier molecular flexibility index (Phi) is 5.54. The normalized spacial score (nSPS) is 12.4. The Morgan fingerprint density at radius 2 is 1.94 bits per heavy atom. The number of halogens is 1. The van der Waals surface area contributed by atoms with Gasteiger partial charge in [0.2, 0.25) is 0 Å². The van der Waals surface area contributed by atoms with Gasteiger partial charge in [-0.2, -0.15) is 0 Å². The first-order valence-electron chi connectivity index (χ1n) is 5.88. The molecule has 0 aliphatic carbocycles. The van der Waals surface area contributed by atoms with E-state index in [1.54, 1.807) is 0 Å². The van der Waals surface area contributed by atoms with Crippen LogP contribution in [0.1, 0.15) is 38.7 Å². The zero-order valence-corrected chi connectivity index (χ0v) is 10.8. The summed E-state index contributed by atoms with van der Waals surface area (Å²) in [5, 5.41) is 0.762. The quantitative estimate of drug-likeness (QED) is 0.723. The Balaban J connectivity index is 2.42. The molecular weight excluding hydrogens is 220 g/mol. The summed E-state index contributed by atoms with van der Waals surface area (Å²) >= 11 is 5.82. The molecule has 1 nitrogen and oxygen atoms in total. The van der Waals surface area contributed by atoms with Crippen LogP contribution in [0.2, 0.25) is 5.02 Å². The Labute approximate surface area is 103 Å². The lowest BCUT2D eigenvalue weighted by Crippen LogP contribution is -2.07. The van der Waals surface area contributed by atoms with Gasteiger partial charge in [-0.15, -0.1) is 0 Å². The molecule has 1 rings (SSSR count). The number of hydrogen-bond donors (Lipinski definition) is 0. The number of carbonyl (C=O) groups excluding carboxylic acids is 1. The first-order valence-corrected chi connectivity index (χ1v) is 6.25. The van der Waals surface area contributed by atoms with Crippen molar-refractivity contribution in [3.63, 3.8) is 0 Å². The summed E-state index contributed by atoms with van der Waals surface area (Å²) in [6, 6.07) is 7.86. The van der Waals surface area contributed by atoms with Crippen LogP contribution in [-0.2, 0) is 11.2 Å². The zero-order chi connectivity index (χ0) is 12.0. The van der Waals surface area contributed by atoms with E-state index in [1.807, 2.05) is 31.2 Å². The number of Topliss-reactive ketones (excluding diaryl/α,β-unsaturated/α-hetero) is 1. The molecule has 1 aromatic carbocycles. The van der Waals surface area contributed by atoms with E-state index in [1.165, 1.54) is 5.56 Å². The Morgan fingerprint density at radius 3 is 2.50 bits per heavy atom. The second kappa shape index (κ2) is 6.70. The molecule has 0 aromatic heterocycles. The van der Waals surface area contributed by atoms with Gasteiger partial charge in [0.15, 0.2) is 0 Å². The van der Waals surface area contributed by atoms with Crippen LogP contribution in [0.15, 0.2) is 24.3 Å². The lowest BCUT2D eigenvalue weighted by molar-refractivity contribution is -0.119. The lowest BCUT2D eigenvalue weighted by atomic mass is 9.95. The molecule has 16 heavy (non-hydrogen) atoms. The lowest BCUT2D eigenvalue weighted by Gasteiger charge is -2.10. The molecule has 0 N–H and O–H groups in total. The van der Waals surface area contributed by atoms with E-state index in [0.717, 1.165) is 17.9 Å². The molecule has 0 aliphatic heterocycles. The molecule has 0 spiro atoms. The van der Waals surface area contributed by atoms with E-state index < -0.39 is 0 Å². The average molecular weight is 239 g/mol. The highest BCUT2D eigenvalue weighted by molar-refractivity contribution is 6.30. The van der Waals surface area contributed by atoms with Gasteiger partial charge in [-0.3, -0.25) is 4.79 Å². The summed E-state index contributed by atoms with van der Waals surface area (Å²) in [5.41, 5.74) is 1.25. The van der Waals surface area contributed by atoms with Gasteiger partial charge in [-0.1, -0.05) is 37.6 Å². The van der Waals surface area contributed by atoms with Crippen LogP contribution in [0.3, 0.4) is 0 Å². The molecule has 0 bridgehead atoms. The first-order chi connectivity index (χ1) is 7.61. The smallest absolute Gasteiger partial charge is 0.133 e. The second-order valence-corrected chi connectivity index (χ2v) is 4.86. The van der Waals surface area contributed by atoms with E-state index in [9.17, 15) is 4.79 Å². The molecule has 1 unspecified atom stereocenters. The fraction of sp³-hybridized carbons (Fsp3) is 0.500. The van der Waals surface area contributed by atoms with Crippen LogP contribution in [-0.4, -0.2) is 5.78 Å². The van der Waals surface area contributed by atoms with Crippen molar-refractivity contribution in [3.8, 4) is 0 Å². The van der Waals surface area contributed by atoms with Crippen molar-refractivity contribution in [1.82, 2.24) is 0 Å². The fourth-order valence-corrected chi connectivity index (χ4v) is 1.99. The van der Waals surface area contributed by atoms with E-state index in [2.05, 4.69) is 6.92 Å². The van der Waals surface area contributed by atoms with E-state index in [4.69, 9.17) is 11.6 Å². The topological polar surface area (TPSA) is 17.1 Å². The third-order valence-corrected chi connectivity index (χ3v) is 2.85. The molecule has 0 saturated carbocycles. The standard InChI is InChI=1S/C14H19ClO/c1-3-4-14(16)10-11(2)9-12-5-7-13(15)8-6-12/h5-8,11H,3-4,9-10H2,1-2H3. The Hall–Kier alpha value is -0.820. The zero-order valence-electron chi connectivity index (χ0n) is 10.0. The summed E-state index contributed by atoms with van der Waals surface area (Å²) in [4.78, 5) is 11.5. The van der Waals surface area contributed by atoms with E-state index in [-0.39, 0.29) is 0 Å². The number of benzene rings is 1. The Bertz CT molecular complexity index is 329. The maximum absolute atomic E-state index is 11.5. The maximum Gasteiger partial charge on any atom is 0.133 e. The highest BCUT2D eigenvalue weighted by Gasteiger charge is 2.09. The number of hydrogen-bond acceptors (Lipinski definition) is 1. The van der Waals surface area contributed by atoms with Gasteiger partial charge in [0.25, 0.3) is 0 Å². The van der Waals surface area contributed by atoms with Crippen molar-refractivity contribution >= 4 is 17.4 Å². The van der Waals surface area contributed by atoms with Gasteiger partial charge in [0.05, 0.1) is 0 Å². The van der Waals surface area contributed by atoms with Crippen LogP contribution in [0.4, 0.5) is 0 Å². The molecule has 88 valence electrons. The monoisotopic (exact) mass is 238 g/mol. The largest absolute Gasteiger partial charge is 0.300 e. The van der Waals surface area contributed by atoms with E-state index >= 15 is 0 Å². The predicted octanol–water partition coefficient (Wildman–Crippen LogP) is 4.28. The summed E-state index contributed by atoms with van der Waals surface area (Å²) in [6.07, 6.45) is 3.31. The molecule has 2 heteroatoms. The second-order valence-electron chi connectivity index (χ2n) is 4.43. The summed E-state index contributed by atoms with van der Waals surface area (Å²) in [6.45, 7) is 4.17. The number of rotatable bonds is 6. The van der Waals surface area contributed by atoms with Crippen molar-refractivity contribution in [2.24, 2.45) is 5.92 Å². The fourth-order valence-electron chi connectivity index (χ4n) is 1.86. The van der Waals surface area contributed by atoms with Gasteiger partial charge in [-0.25, -0.2) is 0 Å². The molecule has 1 aromatic rings. The average Bonchev–Trinajstić information content (AvgIpc) is 2.21. The van der Waals surface area contributed by atoms with Gasteiger partial charge >= 0.3 is 0 Å². The van der Waals surface area contributed by atoms with Crippen LogP contribution < -0.4 is 0 Å². The van der Waals surface area contributed by atoms with Crippen LogP contribution in [0, 0.1) is 5.92 Å². The molecule has 1 atom stereocenters. The minimum atomic E-state index is 0.379.